The molecule has 2 aromatic heterocycles. The number of rotatable bonds is 1. The molecule has 0 radical (unpaired) electrons. The molecule has 88 valence electrons. The van der Waals surface area contributed by atoms with Gasteiger partial charge in [0.2, 0.25) is 0 Å². The molecule has 1 aliphatic rings. The van der Waals surface area contributed by atoms with Crippen LogP contribution in [-0.2, 0) is 4.74 Å². The normalized spacial score (nSPS) is 16.4. The average molecular weight is 232 g/mol. The van der Waals surface area contributed by atoms with E-state index >= 15 is 0 Å². The molecular weight excluding hydrogens is 220 g/mol. The molecule has 1 saturated heterocycles. The summed E-state index contributed by atoms with van der Waals surface area (Å²) >= 11 is 0. The van der Waals surface area contributed by atoms with Crippen LogP contribution in [-0.4, -0.2) is 40.9 Å². The van der Waals surface area contributed by atoms with Crippen LogP contribution in [0.5, 0.6) is 0 Å². The highest BCUT2D eigenvalue weighted by atomic mass is 16.5. The van der Waals surface area contributed by atoms with Crippen molar-refractivity contribution in [3.63, 3.8) is 0 Å². The number of hydrogen-bond acceptors (Lipinski definition) is 5. The van der Waals surface area contributed by atoms with Crippen molar-refractivity contribution in [3.8, 4) is 0 Å². The van der Waals surface area contributed by atoms with Crippen LogP contribution in [0.4, 0.5) is 5.82 Å². The SMILES string of the molecule is O=c1ccn2nc(N3CCOCC3)ccc2n1. The molecular formula is C11H12N4O2. The van der Waals surface area contributed by atoms with Gasteiger partial charge in [0, 0.05) is 25.4 Å². The molecule has 0 N–H and O–H groups in total. The van der Waals surface area contributed by atoms with Crippen LogP contribution in [0.2, 0.25) is 0 Å². The standard InChI is InChI=1S/C11H12N4O2/c16-11-3-4-15-9(12-11)1-2-10(13-15)14-5-7-17-8-6-14/h1-4H,5-8H2. The third kappa shape index (κ3) is 1.99. The summed E-state index contributed by atoms with van der Waals surface area (Å²) < 4.78 is 6.91. The largest absolute Gasteiger partial charge is 0.378 e. The number of aromatic nitrogens is 3. The van der Waals surface area contributed by atoms with Crippen molar-refractivity contribution < 1.29 is 4.74 Å². The Morgan fingerprint density at radius 1 is 1.18 bits per heavy atom. The highest BCUT2D eigenvalue weighted by Gasteiger charge is 2.12. The van der Waals surface area contributed by atoms with Crippen molar-refractivity contribution in [2.45, 2.75) is 0 Å². The van der Waals surface area contributed by atoms with Gasteiger partial charge in [0.25, 0.3) is 5.56 Å². The number of morpholine rings is 1. The fourth-order valence-electron chi connectivity index (χ4n) is 1.86. The summed E-state index contributed by atoms with van der Waals surface area (Å²) in [6.07, 6.45) is 1.63. The molecule has 3 rings (SSSR count). The molecule has 0 amide bonds. The topological polar surface area (TPSA) is 59.7 Å². The second-order valence-electron chi connectivity index (χ2n) is 3.86. The molecule has 3 heterocycles. The zero-order valence-electron chi connectivity index (χ0n) is 9.24. The Hall–Kier alpha value is -1.95. The van der Waals surface area contributed by atoms with Crippen LogP contribution in [0.1, 0.15) is 0 Å². The molecule has 6 heteroatoms. The average Bonchev–Trinajstić information content (AvgIpc) is 2.39. The van der Waals surface area contributed by atoms with Gasteiger partial charge in [-0.2, -0.15) is 4.98 Å². The summed E-state index contributed by atoms with van der Waals surface area (Å²) in [5, 5.41) is 4.43. The van der Waals surface area contributed by atoms with Gasteiger partial charge in [0.15, 0.2) is 5.65 Å². The molecule has 6 nitrogen and oxygen atoms in total. The lowest BCUT2D eigenvalue weighted by atomic mass is 10.4. The van der Waals surface area contributed by atoms with E-state index in [2.05, 4.69) is 15.0 Å². The Balaban J connectivity index is 2.01. The van der Waals surface area contributed by atoms with E-state index in [9.17, 15) is 4.79 Å². The van der Waals surface area contributed by atoms with Gasteiger partial charge >= 0.3 is 0 Å². The number of ether oxygens (including phenoxy) is 1. The van der Waals surface area contributed by atoms with Gasteiger partial charge in [-0.3, -0.25) is 4.79 Å². The fourth-order valence-corrected chi connectivity index (χ4v) is 1.86. The predicted octanol–water partition coefficient (Wildman–Crippen LogP) is -0.0739. The minimum absolute atomic E-state index is 0.245. The molecule has 0 aliphatic carbocycles. The molecule has 2 aromatic rings. The minimum atomic E-state index is -0.245. The first-order valence-electron chi connectivity index (χ1n) is 5.52. The first-order chi connectivity index (χ1) is 8.33. The van der Waals surface area contributed by atoms with Crippen molar-refractivity contribution in [2.75, 3.05) is 31.2 Å². The third-order valence-corrected chi connectivity index (χ3v) is 2.74. The van der Waals surface area contributed by atoms with Crippen molar-refractivity contribution in [1.82, 2.24) is 14.6 Å². The van der Waals surface area contributed by atoms with Crippen molar-refractivity contribution >= 4 is 11.5 Å². The maximum atomic E-state index is 11.1. The van der Waals surface area contributed by atoms with Gasteiger partial charge in [-0.15, -0.1) is 5.10 Å². The molecule has 0 aromatic carbocycles. The summed E-state index contributed by atoms with van der Waals surface area (Å²) in [7, 11) is 0. The van der Waals surface area contributed by atoms with Gasteiger partial charge in [-0.1, -0.05) is 0 Å². The lowest BCUT2D eigenvalue weighted by molar-refractivity contribution is 0.122. The lowest BCUT2D eigenvalue weighted by Crippen LogP contribution is -2.37. The predicted molar refractivity (Wildman–Crippen MR) is 62.3 cm³/mol. The van der Waals surface area contributed by atoms with Crippen molar-refractivity contribution in [1.29, 1.82) is 0 Å². The van der Waals surface area contributed by atoms with Gasteiger partial charge in [0.05, 0.1) is 13.2 Å². The van der Waals surface area contributed by atoms with Crippen LogP contribution in [0, 0.1) is 0 Å². The minimum Gasteiger partial charge on any atom is -0.378 e. The smallest absolute Gasteiger partial charge is 0.273 e. The van der Waals surface area contributed by atoms with Crippen LogP contribution in [0.15, 0.2) is 29.2 Å². The van der Waals surface area contributed by atoms with Crippen LogP contribution < -0.4 is 10.5 Å². The maximum Gasteiger partial charge on any atom is 0.273 e. The van der Waals surface area contributed by atoms with Gasteiger partial charge < -0.3 is 9.64 Å². The molecule has 1 fully saturated rings. The Kier molecular flexibility index (Phi) is 2.49. The van der Waals surface area contributed by atoms with Gasteiger partial charge in [-0.25, -0.2) is 4.52 Å². The monoisotopic (exact) mass is 232 g/mol. The van der Waals surface area contributed by atoms with E-state index < -0.39 is 0 Å². The highest BCUT2D eigenvalue weighted by molar-refractivity contribution is 5.45. The second-order valence-corrected chi connectivity index (χ2v) is 3.86. The highest BCUT2D eigenvalue weighted by Crippen LogP contribution is 2.12. The molecule has 0 atom stereocenters. The summed E-state index contributed by atoms with van der Waals surface area (Å²) in [5.74, 6) is 0.881. The second kappa shape index (κ2) is 4.14. The first-order valence-corrected chi connectivity index (χ1v) is 5.52. The van der Waals surface area contributed by atoms with E-state index in [-0.39, 0.29) is 5.56 Å². The third-order valence-electron chi connectivity index (χ3n) is 2.74. The van der Waals surface area contributed by atoms with E-state index in [0.717, 1.165) is 32.1 Å². The zero-order chi connectivity index (χ0) is 11.7. The Labute approximate surface area is 97.5 Å². The number of fused-ring (bicyclic) bond motifs is 1. The lowest BCUT2D eigenvalue weighted by Gasteiger charge is -2.27. The summed E-state index contributed by atoms with van der Waals surface area (Å²) in [5.41, 5.74) is 0.320. The summed E-state index contributed by atoms with van der Waals surface area (Å²) in [4.78, 5) is 17.1. The quantitative estimate of drug-likeness (QED) is 0.688. The zero-order valence-corrected chi connectivity index (χ0v) is 9.24. The Morgan fingerprint density at radius 2 is 2.00 bits per heavy atom. The van der Waals surface area contributed by atoms with E-state index in [1.54, 1.807) is 16.8 Å². The molecule has 0 saturated carbocycles. The maximum absolute atomic E-state index is 11.1. The molecule has 0 unspecified atom stereocenters. The summed E-state index contributed by atoms with van der Waals surface area (Å²) in [6, 6.07) is 5.09. The van der Waals surface area contributed by atoms with Gasteiger partial charge in [0.1, 0.15) is 5.82 Å². The van der Waals surface area contributed by atoms with E-state index in [1.165, 1.54) is 6.07 Å². The molecule has 1 aliphatic heterocycles. The van der Waals surface area contributed by atoms with E-state index in [4.69, 9.17) is 4.74 Å². The van der Waals surface area contributed by atoms with Crippen LogP contribution in [0.3, 0.4) is 0 Å². The van der Waals surface area contributed by atoms with Crippen molar-refractivity contribution in [3.05, 3.63) is 34.7 Å². The molecule has 0 bridgehead atoms. The van der Waals surface area contributed by atoms with Crippen molar-refractivity contribution in [2.24, 2.45) is 0 Å². The Bertz CT molecular complexity index is 589. The van der Waals surface area contributed by atoms with Crippen LogP contribution in [0.25, 0.3) is 5.65 Å². The number of anilines is 1. The van der Waals surface area contributed by atoms with Crippen LogP contribution >= 0.6 is 0 Å². The van der Waals surface area contributed by atoms with E-state index in [1.807, 2.05) is 6.07 Å². The Morgan fingerprint density at radius 3 is 2.82 bits per heavy atom. The number of hydrogen-bond donors (Lipinski definition) is 0. The molecule has 17 heavy (non-hydrogen) atoms. The summed E-state index contributed by atoms with van der Waals surface area (Å²) in [6.45, 7) is 3.13. The molecule has 0 spiro atoms. The van der Waals surface area contributed by atoms with E-state index in [0.29, 0.717) is 5.65 Å². The first kappa shape index (κ1) is 10.2. The number of nitrogens with zero attached hydrogens (tertiary/aromatic N) is 4. The fraction of sp³-hybridized carbons (Fsp3) is 0.364. The van der Waals surface area contributed by atoms with Gasteiger partial charge in [-0.05, 0) is 12.1 Å².